The minimum atomic E-state index is -3.73. The van der Waals surface area contributed by atoms with Crippen LogP contribution in [0.2, 0.25) is 0 Å². The van der Waals surface area contributed by atoms with E-state index in [0.29, 0.717) is 13.0 Å². The van der Waals surface area contributed by atoms with Gasteiger partial charge in [0.1, 0.15) is 0 Å². The van der Waals surface area contributed by atoms with Crippen molar-refractivity contribution in [3.63, 3.8) is 0 Å². The molecule has 0 bridgehead atoms. The minimum Gasteiger partial charge on any atom is -0.363 e. The van der Waals surface area contributed by atoms with Crippen molar-refractivity contribution in [2.45, 2.75) is 30.6 Å². The zero-order valence-corrected chi connectivity index (χ0v) is 17.7. The van der Waals surface area contributed by atoms with Gasteiger partial charge in [-0.05, 0) is 41.8 Å². The molecule has 152 valence electrons. The number of hydrogen-bond acceptors (Lipinski definition) is 5. The third-order valence-corrected chi connectivity index (χ3v) is 6.87. The first-order valence-corrected chi connectivity index (χ1v) is 11.1. The summed E-state index contributed by atoms with van der Waals surface area (Å²) in [6, 6.07) is 13.1. The van der Waals surface area contributed by atoms with Crippen LogP contribution in [0.25, 0.3) is 0 Å². The Morgan fingerprint density at radius 1 is 1.17 bits per heavy atom. The lowest BCUT2D eigenvalue weighted by atomic mass is 9.83. The van der Waals surface area contributed by atoms with E-state index in [1.54, 1.807) is 18.2 Å². The van der Waals surface area contributed by atoms with E-state index in [4.69, 9.17) is 5.14 Å². The van der Waals surface area contributed by atoms with Crippen molar-refractivity contribution < 1.29 is 13.2 Å². The van der Waals surface area contributed by atoms with Crippen molar-refractivity contribution in [2.75, 3.05) is 29.9 Å². The number of hydrogen-bond donors (Lipinski definition) is 1. The lowest BCUT2D eigenvalue weighted by Gasteiger charge is -2.24. The maximum Gasteiger partial charge on any atom is 0.238 e. The second-order valence-corrected chi connectivity index (χ2v) is 9.77. The molecule has 7 heteroatoms. The van der Waals surface area contributed by atoms with Gasteiger partial charge in [0.15, 0.2) is 5.78 Å². The first-order valence-electron chi connectivity index (χ1n) is 9.58. The van der Waals surface area contributed by atoms with Gasteiger partial charge in [-0.25, -0.2) is 13.6 Å². The molecule has 0 amide bonds. The number of sulfonamides is 1. The summed E-state index contributed by atoms with van der Waals surface area (Å²) in [4.78, 5) is 17.1. The standard InChI is InChI=1S/C22H25N3O3S/c1-22(2)18-6-4-5-7-20(18)24(3)21(22)13-16(26)14-25-11-10-15-12-17(29(23,27)28)8-9-19(15)25/h4-9,12-13H,10-11,14H2,1-3H3,(H2,23,27,28)/b21-13-. The molecule has 6 nitrogen and oxygen atoms in total. The molecular weight excluding hydrogens is 386 g/mol. The molecule has 29 heavy (non-hydrogen) atoms. The van der Waals surface area contributed by atoms with Gasteiger partial charge in [0.25, 0.3) is 0 Å². The maximum atomic E-state index is 12.9. The molecule has 2 aromatic rings. The Labute approximate surface area is 171 Å². The summed E-state index contributed by atoms with van der Waals surface area (Å²) in [7, 11) is -1.73. The number of carbonyl (C=O) groups excluding carboxylic acids is 1. The zero-order chi connectivity index (χ0) is 21.0. The topological polar surface area (TPSA) is 83.7 Å². The Morgan fingerprint density at radius 3 is 2.59 bits per heavy atom. The molecule has 4 rings (SSSR count). The second kappa shape index (κ2) is 6.71. The summed E-state index contributed by atoms with van der Waals surface area (Å²) in [5.41, 5.74) is 4.87. The zero-order valence-electron chi connectivity index (χ0n) is 16.8. The van der Waals surface area contributed by atoms with Crippen LogP contribution < -0.4 is 14.9 Å². The Hall–Kier alpha value is -2.64. The average molecular weight is 412 g/mol. The Kier molecular flexibility index (Phi) is 4.55. The Bertz CT molecular complexity index is 1140. The molecular formula is C22H25N3O3S. The van der Waals surface area contributed by atoms with E-state index in [2.05, 4.69) is 30.9 Å². The van der Waals surface area contributed by atoms with Crippen molar-refractivity contribution in [3.05, 3.63) is 65.4 Å². The molecule has 0 saturated carbocycles. The summed E-state index contributed by atoms with van der Waals surface area (Å²) >= 11 is 0. The van der Waals surface area contributed by atoms with Crippen LogP contribution in [0, 0.1) is 0 Å². The first-order chi connectivity index (χ1) is 13.6. The average Bonchev–Trinajstić information content (AvgIpc) is 3.14. The van der Waals surface area contributed by atoms with Crippen LogP contribution in [0.3, 0.4) is 0 Å². The fraction of sp³-hybridized carbons (Fsp3) is 0.318. The number of primary sulfonamides is 1. The predicted molar refractivity (Wildman–Crippen MR) is 115 cm³/mol. The van der Waals surface area contributed by atoms with Crippen LogP contribution >= 0.6 is 0 Å². The number of likely N-dealkylation sites (N-methyl/N-ethyl adjacent to an activating group) is 1. The third kappa shape index (κ3) is 3.34. The van der Waals surface area contributed by atoms with Crippen LogP contribution in [-0.2, 0) is 26.7 Å². The smallest absolute Gasteiger partial charge is 0.238 e. The van der Waals surface area contributed by atoms with E-state index < -0.39 is 10.0 Å². The van der Waals surface area contributed by atoms with Crippen LogP contribution in [0.15, 0.2) is 59.1 Å². The fourth-order valence-electron chi connectivity index (χ4n) is 4.43. The molecule has 0 saturated heterocycles. The van der Waals surface area contributed by atoms with Crippen LogP contribution in [-0.4, -0.2) is 34.3 Å². The maximum absolute atomic E-state index is 12.9. The van der Waals surface area contributed by atoms with Crippen LogP contribution in [0.4, 0.5) is 11.4 Å². The monoisotopic (exact) mass is 411 g/mol. The van der Waals surface area contributed by atoms with Crippen LogP contribution in [0.5, 0.6) is 0 Å². The molecule has 2 aliphatic heterocycles. The molecule has 2 heterocycles. The number of allylic oxidation sites excluding steroid dienone is 1. The minimum absolute atomic E-state index is 0.0242. The molecule has 2 N–H and O–H groups in total. The number of rotatable bonds is 4. The molecule has 0 aromatic heterocycles. The van der Waals surface area contributed by atoms with E-state index in [1.165, 1.54) is 11.6 Å². The molecule has 0 spiro atoms. The third-order valence-electron chi connectivity index (χ3n) is 5.96. The Morgan fingerprint density at radius 2 is 1.90 bits per heavy atom. The molecule has 2 aliphatic rings. The lowest BCUT2D eigenvalue weighted by Crippen LogP contribution is -2.29. The summed E-state index contributed by atoms with van der Waals surface area (Å²) in [5.74, 6) is 0.0242. The van der Waals surface area contributed by atoms with Gasteiger partial charge in [0, 0.05) is 42.2 Å². The van der Waals surface area contributed by atoms with Crippen molar-refractivity contribution in [2.24, 2.45) is 5.14 Å². The largest absolute Gasteiger partial charge is 0.363 e. The van der Waals surface area contributed by atoms with Gasteiger partial charge in [-0.15, -0.1) is 0 Å². The summed E-state index contributed by atoms with van der Waals surface area (Å²) in [5, 5.41) is 5.22. The van der Waals surface area contributed by atoms with E-state index in [9.17, 15) is 13.2 Å². The number of ketones is 1. The Balaban J connectivity index is 1.57. The molecule has 0 fully saturated rings. The molecule has 0 radical (unpaired) electrons. The lowest BCUT2D eigenvalue weighted by molar-refractivity contribution is -0.113. The first kappa shape index (κ1) is 19.7. The van der Waals surface area contributed by atoms with E-state index in [-0.39, 0.29) is 22.6 Å². The fourth-order valence-corrected chi connectivity index (χ4v) is 5.00. The number of benzene rings is 2. The molecule has 2 aromatic carbocycles. The van der Waals surface area contributed by atoms with Crippen molar-refractivity contribution in [1.82, 2.24) is 0 Å². The number of para-hydroxylation sites is 1. The van der Waals surface area contributed by atoms with Gasteiger partial charge >= 0.3 is 0 Å². The highest BCUT2D eigenvalue weighted by Gasteiger charge is 2.38. The van der Waals surface area contributed by atoms with Crippen molar-refractivity contribution in [3.8, 4) is 0 Å². The quantitative estimate of drug-likeness (QED) is 0.782. The summed E-state index contributed by atoms with van der Waals surface area (Å²) in [6.07, 6.45) is 2.44. The SMILES string of the molecule is CN1/C(=C\C(=O)CN2CCc3cc(S(N)(=O)=O)ccc32)C(C)(C)c2ccccc21. The summed E-state index contributed by atoms with van der Waals surface area (Å²) in [6.45, 7) is 5.20. The highest BCUT2D eigenvalue weighted by molar-refractivity contribution is 7.89. The van der Waals surface area contributed by atoms with Crippen molar-refractivity contribution in [1.29, 1.82) is 0 Å². The van der Waals surface area contributed by atoms with Gasteiger partial charge in [-0.1, -0.05) is 32.0 Å². The van der Waals surface area contributed by atoms with E-state index in [0.717, 1.165) is 22.6 Å². The van der Waals surface area contributed by atoms with Gasteiger partial charge in [-0.3, -0.25) is 4.79 Å². The molecule has 0 aliphatic carbocycles. The number of anilines is 2. The number of carbonyl (C=O) groups is 1. The number of nitrogens with zero attached hydrogens (tertiary/aromatic N) is 2. The van der Waals surface area contributed by atoms with Gasteiger partial charge < -0.3 is 9.80 Å². The van der Waals surface area contributed by atoms with Gasteiger partial charge in [-0.2, -0.15) is 0 Å². The van der Waals surface area contributed by atoms with Crippen molar-refractivity contribution >= 4 is 27.2 Å². The second-order valence-electron chi connectivity index (χ2n) is 8.20. The highest BCUT2D eigenvalue weighted by Crippen LogP contribution is 2.46. The van der Waals surface area contributed by atoms with Gasteiger partial charge in [0.05, 0.1) is 11.4 Å². The molecule has 0 unspecified atom stereocenters. The van der Waals surface area contributed by atoms with E-state index >= 15 is 0 Å². The normalized spacial score (nSPS) is 18.8. The molecule has 0 atom stereocenters. The predicted octanol–water partition coefficient (Wildman–Crippen LogP) is 2.58. The number of fused-ring (bicyclic) bond motifs is 2. The number of nitrogens with two attached hydrogens (primary N) is 1. The van der Waals surface area contributed by atoms with Crippen LogP contribution in [0.1, 0.15) is 25.0 Å². The van der Waals surface area contributed by atoms with E-state index in [1.807, 2.05) is 24.1 Å². The summed E-state index contributed by atoms with van der Waals surface area (Å²) < 4.78 is 23.1. The van der Waals surface area contributed by atoms with Gasteiger partial charge in [0.2, 0.25) is 10.0 Å². The highest BCUT2D eigenvalue weighted by atomic mass is 32.2.